The number of aryl methyl sites for hydroxylation is 1. The van der Waals surface area contributed by atoms with Crippen LogP contribution >= 0.6 is 0 Å². The molecule has 5 rings (SSSR count). The highest BCUT2D eigenvalue weighted by Gasteiger charge is 2.40. The first-order valence-corrected chi connectivity index (χ1v) is 11.7. The highest BCUT2D eigenvalue weighted by atomic mass is 19.1. The number of benzene rings is 2. The summed E-state index contributed by atoms with van der Waals surface area (Å²) in [6.45, 7) is 3.89. The van der Waals surface area contributed by atoms with Crippen LogP contribution in [0.2, 0.25) is 0 Å². The Hall–Kier alpha value is -4.11. The summed E-state index contributed by atoms with van der Waals surface area (Å²) >= 11 is 0. The average molecular weight is 488 g/mol. The van der Waals surface area contributed by atoms with Crippen LogP contribution < -0.4 is 10.9 Å². The molecule has 8 nitrogen and oxygen atoms in total. The first kappa shape index (κ1) is 23.6. The van der Waals surface area contributed by atoms with Gasteiger partial charge in [-0.05, 0) is 75.8 Å². The number of nitrogens with zero attached hydrogens (tertiary/aromatic N) is 2. The first-order valence-electron chi connectivity index (χ1n) is 11.7. The lowest BCUT2D eigenvalue weighted by Crippen LogP contribution is -2.37. The number of fused-ring (bicyclic) bond motifs is 2. The number of carbonyl (C=O) groups is 2. The molecule has 0 fully saturated rings. The second kappa shape index (κ2) is 8.83. The number of Topliss-reactive ketones (excluding diaryl/α,β-unsaturated/α-hetero) is 2. The molecule has 0 saturated carbocycles. The van der Waals surface area contributed by atoms with Gasteiger partial charge in [0.05, 0.1) is 16.7 Å². The maximum absolute atomic E-state index is 13.7. The third-order valence-electron chi connectivity index (χ3n) is 6.60. The molecule has 0 spiro atoms. The van der Waals surface area contributed by atoms with E-state index in [1.54, 1.807) is 49.5 Å². The summed E-state index contributed by atoms with van der Waals surface area (Å²) in [5.41, 5.74) is 4.12. The molecular weight excluding hydrogens is 461 g/mol. The molecule has 4 aromatic rings. The van der Waals surface area contributed by atoms with Gasteiger partial charge >= 0.3 is 0 Å². The van der Waals surface area contributed by atoms with Gasteiger partial charge in [-0.1, -0.05) is 6.07 Å². The molecule has 0 aliphatic heterocycles. The maximum Gasteiger partial charge on any atom is 0.261 e. The highest BCUT2D eigenvalue weighted by molar-refractivity contribution is 6.30. The second-order valence-electron chi connectivity index (χ2n) is 9.51. The Morgan fingerprint density at radius 2 is 1.81 bits per heavy atom. The van der Waals surface area contributed by atoms with Gasteiger partial charge in [0.15, 0.2) is 11.6 Å². The van der Waals surface area contributed by atoms with Crippen molar-refractivity contribution < 1.29 is 14.0 Å². The van der Waals surface area contributed by atoms with E-state index in [1.165, 1.54) is 12.1 Å². The van der Waals surface area contributed by atoms with Crippen LogP contribution in [-0.4, -0.2) is 57.6 Å². The molecular formula is C27H26FN5O3. The molecule has 2 aromatic heterocycles. The largest absolute Gasteiger partial charge is 0.381 e. The summed E-state index contributed by atoms with van der Waals surface area (Å²) in [7, 11) is 3.39. The van der Waals surface area contributed by atoms with Crippen LogP contribution in [0.4, 0.5) is 10.1 Å². The quantitative estimate of drug-likeness (QED) is 0.358. The lowest BCUT2D eigenvalue weighted by molar-refractivity contribution is 0.0790. The number of aromatic nitrogens is 3. The molecule has 1 aliphatic carbocycles. The van der Waals surface area contributed by atoms with Crippen molar-refractivity contribution in [2.24, 2.45) is 0 Å². The molecule has 0 radical (unpaired) electrons. The number of imidazole rings is 1. The van der Waals surface area contributed by atoms with Gasteiger partial charge in [-0.15, -0.1) is 0 Å². The van der Waals surface area contributed by atoms with Gasteiger partial charge in [0.1, 0.15) is 23.2 Å². The number of hydrogen-bond donors (Lipinski definition) is 3. The first-order chi connectivity index (χ1) is 17.1. The molecule has 1 aliphatic rings. The molecule has 9 heteroatoms. The van der Waals surface area contributed by atoms with Crippen LogP contribution in [0, 0.1) is 12.7 Å². The normalized spacial score (nSPS) is 14.6. The molecule has 36 heavy (non-hydrogen) atoms. The fourth-order valence-electron chi connectivity index (χ4n) is 4.81. The van der Waals surface area contributed by atoms with Crippen LogP contribution in [0.1, 0.15) is 38.8 Å². The van der Waals surface area contributed by atoms with Crippen LogP contribution in [0.3, 0.4) is 0 Å². The lowest BCUT2D eigenvalue weighted by Gasteiger charge is -2.18. The lowest BCUT2D eigenvalue weighted by atomic mass is 10.0. The Balaban J connectivity index is 1.50. The summed E-state index contributed by atoms with van der Waals surface area (Å²) in [5.74, 6) is -0.480. The number of aromatic amines is 2. The molecule has 184 valence electrons. The predicted octanol–water partition coefficient (Wildman–Crippen LogP) is 3.72. The third-order valence-corrected chi connectivity index (χ3v) is 6.60. The zero-order chi connectivity index (χ0) is 25.7. The molecule has 2 aromatic carbocycles. The molecule has 2 heterocycles. The van der Waals surface area contributed by atoms with Crippen molar-refractivity contribution in [3.8, 4) is 11.4 Å². The van der Waals surface area contributed by atoms with Crippen LogP contribution in [0.25, 0.3) is 22.4 Å². The van der Waals surface area contributed by atoms with Crippen LogP contribution in [0.15, 0.2) is 47.4 Å². The number of pyridine rings is 1. The van der Waals surface area contributed by atoms with Crippen molar-refractivity contribution in [3.63, 3.8) is 0 Å². The Labute approximate surface area is 206 Å². The highest BCUT2D eigenvalue weighted by Crippen LogP contribution is 2.31. The van der Waals surface area contributed by atoms with E-state index in [1.807, 2.05) is 13.8 Å². The van der Waals surface area contributed by atoms with E-state index in [0.29, 0.717) is 45.7 Å². The van der Waals surface area contributed by atoms with E-state index >= 15 is 0 Å². The average Bonchev–Trinajstić information content (AvgIpc) is 3.32. The Kier molecular flexibility index (Phi) is 5.80. The van der Waals surface area contributed by atoms with Gasteiger partial charge in [-0.2, -0.15) is 0 Å². The fraction of sp³-hybridized carbons (Fsp3) is 0.259. The van der Waals surface area contributed by atoms with Gasteiger partial charge in [-0.25, -0.2) is 9.37 Å². The molecule has 3 N–H and O–H groups in total. The van der Waals surface area contributed by atoms with Gasteiger partial charge < -0.3 is 15.3 Å². The second-order valence-corrected chi connectivity index (χ2v) is 9.51. The van der Waals surface area contributed by atoms with E-state index < -0.39 is 6.04 Å². The summed E-state index contributed by atoms with van der Waals surface area (Å²) in [6, 6.07) is 8.74. The van der Waals surface area contributed by atoms with Gasteiger partial charge in [0, 0.05) is 23.4 Å². The van der Waals surface area contributed by atoms with Crippen molar-refractivity contribution in [2.75, 3.05) is 19.4 Å². The minimum Gasteiger partial charge on any atom is -0.381 e. The van der Waals surface area contributed by atoms with E-state index in [4.69, 9.17) is 0 Å². The maximum atomic E-state index is 13.7. The Morgan fingerprint density at radius 1 is 1.08 bits per heavy atom. The third kappa shape index (κ3) is 4.01. The molecule has 2 atom stereocenters. The number of carbonyl (C=O) groups excluding carboxylic acids is 2. The van der Waals surface area contributed by atoms with Gasteiger partial charge in [0.25, 0.3) is 5.56 Å². The SMILES string of the molecule is Cc1ccc(F)cc1CC(C)Nc1cc[nH]c(=O)c1-c1nc2cc3c(cc2[nH]1)C(=O)C(N(C)C)C3=O. The number of rotatable bonds is 6. The number of halogens is 1. The number of hydrogen-bond acceptors (Lipinski definition) is 6. The van der Waals surface area contributed by atoms with Gasteiger partial charge in [0.2, 0.25) is 0 Å². The minimum atomic E-state index is -0.832. The summed E-state index contributed by atoms with van der Waals surface area (Å²) in [6.07, 6.45) is 2.10. The van der Waals surface area contributed by atoms with Gasteiger partial charge in [-0.3, -0.25) is 19.3 Å². The molecule has 2 unspecified atom stereocenters. The van der Waals surface area contributed by atoms with Crippen molar-refractivity contribution in [2.45, 2.75) is 32.4 Å². The monoisotopic (exact) mass is 487 g/mol. The summed E-state index contributed by atoms with van der Waals surface area (Å²) in [4.78, 5) is 50.5. The topological polar surface area (TPSA) is 111 Å². The standard InChI is InChI=1S/C27H26FN5O3/c1-13-5-6-16(28)10-15(13)9-14(2)30-19-7-8-29-27(36)22(19)26-31-20-11-17-18(12-21(20)32-26)25(35)23(24(17)34)33(3)4/h5-8,10-12,14,23H,9H2,1-4H3,(H,31,32)(H2,29,30,36). The van der Waals surface area contributed by atoms with Crippen LogP contribution in [0.5, 0.6) is 0 Å². The number of nitrogens with one attached hydrogen (secondary N) is 3. The zero-order valence-corrected chi connectivity index (χ0v) is 20.4. The molecule has 0 amide bonds. The van der Waals surface area contributed by atoms with Crippen molar-refractivity contribution in [1.29, 1.82) is 0 Å². The van der Waals surface area contributed by atoms with E-state index in [2.05, 4.69) is 20.3 Å². The van der Waals surface area contributed by atoms with Crippen molar-refractivity contribution >= 4 is 28.3 Å². The number of anilines is 1. The number of H-pyrrole nitrogens is 2. The predicted molar refractivity (Wildman–Crippen MR) is 136 cm³/mol. The van der Waals surface area contributed by atoms with E-state index in [-0.39, 0.29) is 29.0 Å². The summed E-state index contributed by atoms with van der Waals surface area (Å²) in [5, 5.41) is 3.35. The van der Waals surface area contributed by atoms with Crippen LogP contribution in [-0.2, 0) is 6.42 Å². The van der Waals surface area contributed by atoms with Crippen molar-refractivity contribution in [1.82, 2.24) is 19.9 Å². The fourth-order valence-corrected chi connectivity index (χ4v) is 4.81. The number of likely N-dealkylation sites (N-methyl/N-ethyl adjacent to an activating group) is 1. The smallest absolute Gasteiger partial charge is 0.261 e. The Bertz CT molecular complexity index is 1530. The zero-order valence-electron chi connectivity index (χ0n) is 20.4. The van der Waals surface area contributed by atoms with E-state index in [9.17, 15) is 18.8 Å². The molecule has 0 bridgehead atoms. The summed E-state index contributed by atoms with van der Waals surface area (Å²) < 4.78 is 13.7. The Morgan fingerprint density at radius 3 is 2.53 bits per heavy atom. The minimum absolute atomic E-state index is 0.113. The van der Waals surface area contributed by atoms with Crippen molar-refractivity contribution in [3.05, 3.63) is 81.0 Å². The number of ketones is 2. The van der Waals surface area contributed by atoms with E-state index in [0.717, 1.165) is 11.1 Å². The molecule has 0 saturated heterocycles.